The van der Waals surface area contributed by atoms with Gasteiger partial charge in [-0.3, -0.25) is 19.9 Å². The maximum atomic E-state index is 9.89. The summed E-state index contributed by atoms with van der Waals surface area (Å²) < 4.78 is 6.51. The van der Waals surface area contributed by atoms with E-state index in [2.05, 4.69) is 173 Å². The van der Waals surface area contributed by atoms with Gasteiger partial charge in [0.15, 0.2) is 5.82 Å². The van der Waals surface area contributed by atoms with Crippen molar-refractivity contribution >= 4 is 103 Å². The quantitative estimate of drug-likeness (QED) is 0.0526. The van der Waals surface area contributed by atoms with Gasteiger partial charge in [0.2, 0.25) is 0 Å². The lowest BCUT2D eigenvalue weighted by Crippen LogP contribution is -2.29. The first-order valence-electron chi connectivity index (χ1n) is 39.3. The molecular weight excluding hydrogens is 1480 g/mol. The van der Waals surface area contributed by atoms with E-state index in [1.54, 1.807) is 30.6 Å². The van der Waals surface area contributed by atoms with E-state index < -0.39 is 21.4 Å². The zero-order valence-corrected chi connectivity index (χ0v) is 64.4. The number of aromatic nitrogens is 10. The fraction of sp³-hybridized carbons (Fsp3) is 0. The Bertz CT molecular complexity index is 6480. The van der Waals surface area contributed by atoms with Crippen molar-refractivity contribution in [2.45, 2.75) is 0 Å². The molecule has 0 saturated heterocycles. The van der Waals surface area contributed by atoms with Gasteiger partial charge in [0.05, 0.1) is 78.7 Å². The predicted molar refractivity (Wildman–Crippen MR) is 485 cm³/mol. The predicted octanol–water partition coefficient (Wildman–Crippen LogP) is 18.2. The molecule has 120 heavy (non-hydrogen) atoms. The van der Waals surface area contributed by atoms with Gasteiger partial charge in [-0.25, -0.2) is 15.0 Å². The number of pyridine rings is 5. The number of hydrogen-bond acceptors (Lipinski definition) is 13. The normalized spacial score (nSPS) is 11.2. The van der Waals surface area contributed by atoms with Crippen LogP contribution in [0.15, 0.2) is 395 Å². The maximum Gasteiger partial charge on any atom is 0.488 e. The van der Waals surface area contributed by atoms with Crippen molar-refractivity contribution in [2.75, 3.05) is 0 Å². The molecule has 9 heterocycles. The summed E-state index contributed by atoms with van der Waals surface area (Å²) in [5.41, 5.74) is 25.8. The van der Waals surface area contributed by atoms with E-state index >= 15 is 0 Å². The van der Waals surface area contributed by atoms with Crippen LogP contribution in [0.25, 0.3) is 184 Å². The second-order valence-corrected chi connectivity index (χ2v) is 29.1. The molecule has 19 heteroatoms. The van der Waals surface area contributed by atoms with Gasteiger partial charge in [-0.2, -0.15) is 0 Å². The van der Waals surface area contributed by atoms with Crippen molar-refractivity contribution in [1.29, 1.82) is 0 Å². The molecule has 0 saturated carbocycles. The number of hydrogen-bond donors (Lipinski definition) is 6. The van der Waals surface area contributed by atoms with Crippen LogP contribution < -0.4 is 16.4 Å². The van der Waals surface area contributed by atoms with Crippen LogP contribution in [-0.4, -0.2) is 100 Å². The third-order valence-electron chi connectivity index (χ3n) is 21.6. The first kappa shape index (κ1) is 74.9. The Morgan fingerprint density at radius 3 is 0.892 bits per heavy atom. The minimum atomic E-state index is -1.55. The van der Waals surface area contributed by atoms with Crippen LogP contribution in [0.5, 0.6) is 0 Å². The highest BCUT2D eigenvalue weighted by Gasteiger charge is 2.23. The van der Waals surface area contributed by atoms with Crippen molar-refractivity contribution in [2.24, 2.45) is 0 Å². The average molecular weight is 1550 g/mol. The largest absolute Gasteiger partial charge is 0.488 e. The Kier molecular flexibility index (Phi) is 20.5. The van der Waals surface area contributed by atoms with Crippen molar-refractivity contribution in [1.82, 2.24) is 48.6 Å². The molecule has 0 bridgehead atoms. The van der Waals surface area contributed by atoms with Gasteiger partial charge >= 0.3 is 21.4 Å². The molecular formula is C101H71B3N10O6. The van der Waals surface area contributed by atoms with Crippen LogP contribution >= 0.6 is 0 Å². The van der Waals surface area contributed by atoms with E-state index in [1.807, 2.05) is 225 Å². The fourth-order valence-corrected chi connectivity index (χ4v) is 15.9. The van der Waals surface area contributed by atoms with Gasteiger partial charge in [0.1, 0.15) is 0 Å². The molecule has 0 atom stereocenters. The Balaban J connectivity index is 0.000000119. The third kappa shape index (κ3) is 15.0. The number of benzene rings is 12. The molecule has 0 radical (unpaired) electrons. The van der Waals surface area contributed by atoms with Crippen molar-refractivity contribution in [3.8, 4) is 119 Å². The van der Waals surface area contributed by atoms with Crippen molar-refractivity contribution in [3.05, 3.63) is 395 Å². The zero-order chi connectivity index (χ0) is 81.2. The molecule has 0 aliphatic carbocycles. The van der Waals surface area contributed by atoms with Crippen LogP contribution in [0.4, 0.5) is 0 Å². The van der Waals surface area contributed by atoms with E-state index in [1.165, 1.54) is 0 Å². The molecule has 9 aromatic heterocycles. The number of para-hydroxylation sites is 3. The Morgan fingerprint density at radius 2 is 0.500 bits per heavy atom. The van der Waals surface area contributed by atoms with Crippen LogP contribution in [0.3, 0.4) is 0 Å². The number of fused-ring (bicyclic) bond motifs is 9. The van der Waals surface area contributed by atoms with Gasteiger partial charge in [-0.1, -0.05) is 212 Å². The molecule has 21 rings (SSSR count). The number of nitrogens with zero attached hydrogens (tertiary/aromatic N) is 10. The molecule has 6 N–H and O–H groups in total. The van der Waals surface area contributed by atoms with E-state index in [-0.39, 0.29) is 0 Å². The van der Waals surface area contributed by atoms with E-state index in [0.717, 1.165) is 178 Å². The molecule has 0 aliphatic rings. The molecule has 0 unspecified atom stereocenters. The van der Waals surface area contributed by atoms with Crippen molar-refractivity contribution in [3.63, 3.8) is 0 Å². The number of rotatable bonds is 15. The van der Waals surface area contributed by atoms with Crippen LogP contribution in [0.1, 0.15) is 0 Å². The van der Waals surface area contributed by atoms with Gasteiger partial charge < -0.3 is 43.8 Å². The highest BCUT2D eigenvalue weighted by molar-refractivity contribution is 6.60. The minimum Gasteiger partial charge on any atom is -0.423 e. The monoisotopic (exact) mass is 1550 g/mol. The summed E-state index contributed by atoms with van der Waals surface area (Å²) in [6, 6.07) is 123. The van der Waals surface area contributed by atoms with Crippen molar-refractivity contribution < 1.29 is 30.1 Å². The van der Waals surface area contributed by atoms with E-state index in [0.29, 0.717) is 22.2 Å². The average Bonchev–Trinajstić information content (AvgIpc) is 1.60. The molecule has 0 fully saturated rings. The van der Waals surface area contributed by atoms with Crippen LogP contribution in [-0.2, 0) is 0 Å². The van der Waals surface area contributed by atoms with Gasteiger partial charge in [0, 0.05) is 102 Å². The molecule has 0 aliphatic heterocycles. The van der Waals surface area contributed by atoms with Crippen LogP contribution in [0, 0.1) is 0 Å². The van der Waals surface area contributed by atoms with E-state index in [9.17, 15) is 30.1 Å². The van der Waals surface area contributed by atoms with E-state index in [4.69, 9.17) is 15.0 Å². The summed E-state index contributed by atoms with van der Waals surface area (Å²) in [5, 5.41) is 65.8. The second kappa shape index (κ2) is 32.8. The lowest BCUT2D eigenvalue weighted by molar-refractivity contribution is 0.424. The standard InChI is InChI=1S/2C34H24BN3O2.C33H23BN4O2/c39-35(40)26-18-19-29-28-16-7-8-17-32(28)38(33(29)21-26)27-15-9-14-25(20-27)31-22-30(23-10-3-1-4-11-23)36-34(37-31)24-12-5-2-6-13-24;39-35(40)27-14-15-30-29-10-1-2-13-33(29)38(34(30)22-27)28-9-7-8-23(21-28)24-18-25(31-11-3-5-16-36-31)20-26(19-24)32-12-4-6-17-37-32;39-34(40)24-14-15-27-26-10-1-2-13-32(26)38(33(27)21-24)25-9-7-8-22(18-25)23-19-30(28-11-3-5-16-35-28)37-31(20-23)29-12-4-6-17-36-29/h2*1-22,39-40H;1-21,39-40H. The summed E-state index contributed by atoms with van der Waals surface area (Å²) in [7, 11) is -4.63. The highest BCUT2D eigenvalue weighted by Crippen LogP contribution is 2.40. The zero-order valence-electron chi connectivity index (χ0n) is 64.4. The smallest absolute Gasteiger partial charge is 0.423 e. The molecule has 12 aromatic carbocycles. The second-order valence-electron chi connectivity index (χ2n) is 29.1. The maximum absolute atomic E-state index is 9.89. The van der Waals surface area contributed by atoms with Crippen LogP contribution in [0.2, 0.25) is 0 Å². The van der Waals surface area contributed by atoms with Gasteiger partial charge in [0.25, 0.3) is 0 Å². The topological polar surface area (TPSA) is 226 Å². The Hall–Kier alpha value is -15.2. The SMILES string of the molecule is OB(O)c1ccc2c3ccccc3n(-c3cccc(-c4cc(-c5ccccc5)nc(-c5ccccc5)n4)c3)c2c1.OB(O)c1ccc2c3ccccc3n(-c3cccc(-c4cc(-c5ccccn5)cc(-c5ccccn5)c4)c3)c2c1.OB(O)c1ccc2c3ccccc3n(-c3cccc(-c4cc(-c5ccccn5)nc(-c5ccccn5)c4)c3)c2c1. The first-order valence-corrected chi connectivity index (χ1v) is 39.3. The van der Waals surface area contributed by atoms with Gasteiger partial charge in [-0.15, -0.1) is 0 Å². The summed E-state index contributed by atoms with van der Waals surface area (Å²) in [6.07, 6.45) is 7.15. The summed E-state index contributed by atoms with van der Waals surface area (Å²) in [5.74, 6) is 0.667. The fourth-order valence-electron chi connectivity index (χ4n) is 15.9. The molecule has 16 nitrogen and oxygen atoms in total. The summed E-state index contributed by atoms with van der Waals surface area (Å²) >= 11 is 0. The molecule has 0 spiro atoms. The Labute approximate surface area is 691 Å². The third-order valence-corrected chi connectivity index (χ3v) is 21.6. The summed E-state index contributed by atoms with van der Waals surface area (Å²) in [4.78, 5) is 33.1. The lowest BCUT2D eigenvalue weighted by atomic mass is 9.80. The Morgan fingerprint density at radius 1 is 0.183 bits per heavy atom. The first-order chi connectivity index (χ1) is 59.0. The molecule has 21 aromatic rings. The van der Waals surface area contributed by atoms with Gasteiger partial charge in [-0.05, 0) is 196 Å². The minimum absolute atomic E-state index is 0.446. The highest BCUT2D eigenvalue weighted by atomic mass is 16.4. The summed E-state index contributed by atoms with van der Waals surface area (Å²) in [6.45, 7) is 0. The lowest BCUT2D eigenvalue weighted by Gasteiger charge is -2.13. The molecule has 570 valence electrons. The molecule has 0 amide bonds.